The van der Waals surface area contributed by atoms with Crippen LogP contribution in [0.2, 0.25) is 5.02 Å². The van der Waals surface area contributed by atoms with Crippen molar-refractivity contribution in [3.8, 4) is 11.4 Å². The monoisotopic (exact) mass is 385 g/mol. The van der Waals surface area contributed by atoms with Gasteiger partial charge in [-0.25, -0.2) is 5.10 Å². The van der Waals surface area contributed by atoms with Gasteiger partial charge in [0.05, 0.1) is 10.5 Å². The molecule has 0 atom stereocenters. The zero-order valence-electron chi connectivity index (χ0n) is 13.2. The van der Waals surface area contributed by atoms with Crippen LogP contribution in [-0.2, 0) is 0 Å². The van der Waals surface area contributed by atoms with Gasteiger partial charge in [0.2, 0.25) is 4.77 Å². The number of H-pyrrole nitrogens is 1. The standard InChI is InChI=1S/C17H12ClN5O2S/c18-14-9-7-13(8-10-14)16-20-21-17(26)22(16)19-11-3-5-12-4-1-2-6-15(12)23(24)25/h1-11H,(H,21,26)/b5-3+,19-11?. The second kappa shape index (κ2) is 7.85. The second-order valence-electron chi connectivity index (χ2n) is 5.11. The van der Waals surface area contributed by atoms with Gasteiger partial charge in [0.25, 0.3) is 5.69 Å². The fraction of sp³-hybridized carbons (Fsp3) is 0. The molecule has 0 bridgehead atoms. The van der Waals surface area contributed by atoms with Crippen molar-refractivity contribution >= 4 is 41.8 Å². The molecule has 26 heavy (non-hydrogen) atoms. The van der Waals surface area contributed by atoms with Crippen molar-refractivity contribution in [3.63, 3.8) is 0 Å². The average molecular weight is 386 g/mol. The highest BCUT2D eigenvalue weighted by atomic mass is 35.5. The first kappa shape index (κ1) is 17.7. The quantitative estimate of drug-likeness (QED) is 0.298. The maximum atomic E-state index is 11.0. The molecule has 0 fully saturated rings. The van der Waals surface area contributed by atoms with E-state index < -0.39 is 4.92 Å². The molecule has 0 saturated carbocycles. The minimum absolute atomic E-state index is 0.0268. The third-order valence-corrected chi connectivity index (χ3v) is 3.95. The summed E-state index contributed by atoms with van der Waals surface area (Å²) in [6.45, 7) is 0. The minimum atomic E-state index is -0.429. The molecular weight excluding hydrogens is 374 g/mol. The van der Waals surface area contributed by atoms with E-state index in [2.05, 4.69) is 15.3 Å². The van der Waals surface area contributed by atoms with E-state index in [1.807, 2.05) is 12.1 Å². The van der Waals surface area contributed by atoms with E-state index in [-0.39, 0.29) is 5.69 Å². The zero-order valence-corrected chi connectivity index (χ0v) is 14.8. The molecule has 1 N–H and O–H groups in total. The summed E-state index contributed by atoms with van der Waals surface area (Å²) in [4.78, 5) is 10.6. The number of hydrogen-bond acceptors (Lipinski definition) is 5. The molecule has 3 rings (SSSR count). The molecule has 7 nitrogen and oxygen atoms in total. The summed E-state index contributed by atoms with van der Waals surface area (Å²) in [6, 6.07) is 13.6. The van der Waals surface area contributed by atoms with E-state index in [9.17, 15) is 10.1 Å². The largest absolute Gasteiger partial charge is 0.276 e. The maximum Gasteiger partial charge on any atom is 0.276 e. The zero-order chi connectivity index (χ0) is 18.5. The van der Waals surface area contributed by atoms with Gasteiger partial charge >= 0.3 is 0 Å². The molecular formula is C17H12ClN5O2S. The van der Waals surface area contributed by atoms with Crippen LogP contribution in [0.5, 0.6) is 0 Å². The Kier molecular flexibility index (Phi) is 5.35. The molecule has 9 heteroatoms. The van der Waals surface area contributed by atoms with Crippen LogP contribution < -0.4 is 0 Å². The number of hydrogen-bond donors (Lipinski definition) is 1. The number of halogens is 1. The van der Waals surface area contributed by atoms with E-state index in [0.717, 1.165) is 5.56 Å². The molecule has 0 spiro atoms. The molecule has 0 radical (unpaired) electrons. The lowest BCUT2D eigenvalue weighted by Crippen LogP contribution is -1.93. The Balaban J connectivity index is 1.86. The summed E-state index contributed by atoms with van der Waals surface area (Å²) >= 11 is 11.1. The smallest absolute Gasteiger partial charge is 0.258 e. The number of aromatic amines is 1. The predicted octanol–water partition coefficient (Wildman–Crippen LogP) is 4.72. The fourth-order valence-corrected chi connectivity index (χ4v) is 2.54. The van der Waals surface area contributed by atoms with Gasteiger partial charge in [-0.2, -0.15) is 14.9 Å². The van der Waals surface area contributed by atoms with Gasteiger partial charge in [-0.3, -0.25) is 10.1 Å². The number of rotatable bonds is 5. The number of nitrogens with zero attached hydrogens (tertiary/aromatic N) is 4. The molecule has 0 aliphatic heterocycles. The molecule has 0 aliphatic rings. The van der Waals surface area contributed by atoms with Gasteiger partial charge in [-0.1, -0.05) is 23.7 Å². The molecule has 1 heterocycles. The van der Waals surface area contributed by atoms with E-state index >= 15 is 0 Å². The number of benzene rings is 2. The summed E-state index contributed by atoms with van der Waals surface area (Å²) in [5.74, 6) is 0.530. The van der Waals surface area contributed by atoms with Gasteiger partial charge < -0.3 is 0 Å². The van der Waals surface area contributed by atoms with Crippen LogP contribution in [0.1, 0.15) is 5.56 Å². The van der Waals surface area contributed by atoms with Crippen molar-refractivity contribution in [1.82, 2.24) is 14.9 Å². The summed E-state index contributed by atoms with van der Waals surface area (Å²) in [5, 5.41) is 22.7. The number of nitro benzene ring substituents is 1. The Morgan fingerprint density at radius 3 is 2.69 bits per heavy atom. The van der Waals surface area contributed by atoms with Gasteiger partial charge in [-0.15, -0.1) is 0 Å². The third-order valence-electron chi connectivity index (χ3n) is 3.43. The molecule has 0 amide bonds. The lowest BCUT2D eigenvalue weighted by Gasteiger charge is -2.00. The molecule has 0 unspecified atom stereocenters. The van der Waals surface area contributed by atoms with Crippen molar-refractivity contribution in [3.05, 3.63) is 80.1 Å². The average Bonchev–Trinajstić information content (AvgIpc) is 3.00. The highest BCUT2D eigenvalue weighted by Crippen LogP contribution is 2.20. The summed E-state index contributed by atoms with van der Waals surface area (Å²) < 4.78 is 1.78. The number of allylic oxidation sites excluding steroid dienone is 1. The Morgan fingerprint density at radius 1 is 1.23 bits per heavy atom. The first-order valence-electron chi connectivity index (χ1n) is 7.44. The highest BCUT2D eigenvalue weighted by Gasteiger charge is 2.09. The van der Waals surface area contributed by atoms with E-state index in [0.29, 0.717) is 21.2 Å². The molecule has 0 saturated heterocycles. The van der Waals surface area contributed by atoms with E-state index in [4.69, 9.17) is 23.8 Å². The number of nitro groups is 1. The molecule has 1 aromatic heterocycles. The molecule has 0 aliphatic carbocycles. The molecule has 3 aromatic rings. The summed E-state index contributed by atoms with van der Waals surface area (Å²) in [7, 11) is 0. The van der Waals surface area contributed by atoms with Crippen molar-refractivity contribution in [2.75, 3.05) is 0 Å². The van der Waals surface area contributed by atoms with Crippen LogP contribution in [0.15, 0.2) is 59.7 Å². The number of aromatic nitrogens is 3. The van der Waals surface area contributed by atoms with Crippen molar-refractivity contribution in [1.29, 1.82) is 0 Å². The first-order chi connectivity index (χ1) is 12.6. The maximum absolute atomic E-state index is 11.0. The van der Waals surface area contributed by atoms with Crippen LogP contribution in [0, 0.1) is 14.9 Å². The minimum Gasteiger partial charge on any atom is -0.258 e. The Bertz CT molecular complexity index is 1050. The van der Waals surface area contributed by atoms with Crippen LogP contribution in [0.3, 0.4) is 0 Å². The number of nitrogens with one attached hydrogen (secondary N) is 1. The normalized spacial score (nSPS) is 11.4. The number of para-hydroxylation sites is 1. The van der Waals surface area contributed by atoms with Crippen LogP contribution in [-0.4, -0.2) is 26.0 Å². The van der Waals surface area contributed by atoms with Crippen molar-refractivity contribution < 1.29 is 4.92 Å². The predicted molar refractivity (Wildman–Crippen MR) is 104 cm³/mol. The lowest BCUT2D eigenvalue weighted by molar-refractivity contribution is -0.385. The lowest BCUT2D eigenvalue weighted by atomic mass is 10.2. The summed E-state index contributed by atoms with van der Waals surface area (Å²) in [6.07, 6.45) is 4.69. The molecule has 2 aromatic carbocycles. The van der Waals surface area contributed by atoms with Crippen molar-refractivity contribution in [2.45, 2.75) is 0 Å². The highest BCUT2D eigenvalue weighted by molar-refractivity contribution is 7.71. The van der Waals surface area contributed by atoms with Crippen LogP contribution in [0.25, 0.3) is 17.5 Å². The van der Waals surface area contributed by atoms with Gasteiger partial charge in [0.15, 0.2) is 5.82 Å². The Labute approximate surface area is 158 Å². The Hall–Kier alpha value is -3.10. The first-order valence-corrected chi connectivity index (χ1v) is 8.22. The SMILES string of the molecule is O=[N+]([O-])c1ccccc1/C=C/C=Nn1c(-c2ccc(Cl)cc2)n[nH]c1=S. The topological polar surface area (TPSA) is 89.1 Å². The van der Waals surface area contributed by atoms with E-state index in [1.165, 1.54) is 17.0 Å². The Morgan fingerprint density at radius 2 is 1.96 bits per heavy atom. The van der Waals surface area contributed by atoms with Crippen molar-refractivity contribution in [2.24, 2.45) is 5.10 Å². The summed E-state index contributed by atoms with van der Waals surface area (Å²) in [5.41, 5.74) is 1.30. The van der Waals surface area contributed by atoms with E-state index in [1.54, 1.807) is 42.5 Å². The van der Waals surface area contributed by atoms with Crippen LogP contribution >= 0.6 is 23.8 Å². The van der Waals surface area contributed by atoms with Gasteiger partial charge in [0.1, 0.15) is 0 Å². The van der Waals surface area contributed by atoms with Gasteiger partial charge in [-0.05, 0) is 54.7 Å². The fourth-order valence-electron chi connectivity index (χ4n) is 2.23. The second-order valence-corrected chi connectivity index (χ2v) is 5.93. The van der Waals surface area contributed by atoms with Gasteiger partial charge in [0, 0.05) is 22.9 Å². The molecule has 130 valence electrons. The third kappa shape index (κ3) is 3.93. The van der Waals surface area contributed by atoms with Crippen LogP contribution in [0.4, 0.5) is 5.69 Å².